The summed E-state index contributed by atoms with van der Waals surface area (Å²) in [5.74, 6) is 6.51. The van der Waals surface area contributed by atoms with Crippen molar-refractivity contribution in [2.75, 3.05) is 7.05 Å². The van der Waals surface area contributed by atoms with E-state index in [4.69, 9.17) is 11.6 Å². The fraction of sp³-hybridized carbons (Fsp3) is 0.222. The summed E-state index contributed by atoms with van der Waals surface area (Å²) in [6.07, 6.45) is 0.982. The van der Waals surface area contributed by atoms with Gasteiger partial charge in [-0.2, -0.15) is 0 Å². The monoisotopic (exact) mass is 279 g/mol. The number of nitrogens with two attached hydrogens (primary N) is 2. The lowest BCUT2D eigenvalue weighted by Gasteiger charge is -2.28. The van der Waals surface area contributed by atoms with Crippen LogP contribution in [0, 0.1) is 0 Å². The Labute approximate surface area is 125 Å². The molecule has 3 heteroatoms. The third kappa shape index (κ3) is 2.30. The van der Waals surface area contributed by atoms with Gasteiger partial charge in [-0.1, -0.05) is 55.5 Å². The van der Waals surface area contributed by atoms with E-state index >= 15 is 0 Å². The Balaban J connectivity index is 2.35. The van der Waals surface area contributed by atoms with Crippen molar-refractivity contribution in [3.8, 4) is 0 Å². The van der Waals surface area contributed by atoms with Gasteiger partial charge >= 0.3 is 0 Å². The first-order valence-corrected chi connectivity index (χ1v) is 7.25. The molecule has 108 valence electrons. The molecule has 0 saturated carbocycles. The molecule has 2 aromatic carbocycles. The van der Waals surface area contributed by atoms with Gasteiger partial charge in [0.25, 0.3) is 0 Å². The first-order chi connectivity index (χ1) is 10.1. The average Bonchev–Trinajstić information content (AvgIpc) is 2.47. The molecular weight excluding hydrogens is 258 g/mol. The van der Waals surface area contributed by atoms with E-state index in [1.54, 1.807) is 5.01 Å². The zero-order chi connectivity index (χ0) is 15.0. The Bertz CT molecular complexity index is 701. The van der Waals surface area contributed by atoms with Gasteiger partial charge in [0.05, 0.1) is 11.4 Å². The zero-order valence-electron chi connectivity index (χ0n) is 12.5. The predicted octanol–water partition coefficient (Wildman–Crippen LogP) is 2.94. The second-order valence-electron chi connectivity index (χ2n) is 5.72. The molecule has 2 aromatic rings. The Morgan fingerprint density at radius 3 is 2.33 bits per heavy atom. The van der Waals surface area contributed by atoms with E-state index in [0.29, 0.717) is 5.92 Å². The van der Waals surface area contributed by atoms with E-state index in [1.807, 2.05) is 19.2 Å². The largest absolute Gasteiger partial charge is 0.396 e. The van der Waals surface area contributed by atoms with Crippen LogP contribution in [0.25, 0.3) is 11.4 Å². The van der Waals surface area contributed by atoms with Crippen LogP contribution in [0.5, 0.6) is 0 Å². The summed E-state index contributed by atoms with van der Waals surface area (Å²) in [4.78, 5) is 0. The molecule has 0 bridgehead atoms. The highest BCUT2D eigenvalue weighted by Gasteiger charge is 2.23. The fourth-order valence-electron chi connectivity index (χ4n) is 3.20. The predicted molar refractivity (Wildman–Crippen MR) is 88.0 cm³/mol. The minimum atomic E-state index is 0.422. The van der Waals surface area contributed by atoms with Crippen molar-refractivity contribution in [1.82, 2.24) is 5.01 Å². The van der Waals surface area contributed by atoms with Crippen molar-refractivity contribution in [3.63, 3.8) is 0 Å². The number of hydrogen-bond donors (Lipinski definition) is 2. The van der Waals surface area contributed by atoms with Gasteiger partial charge in [0.2, 0.25) is 0 Å². The van der Waals surface area contributed by atoms with Crippen LogP contribution in [0.1, 0.15) is 35.1 Å². The maximum Gasteiger partial charge on any atom is 0.0825 e. The Morgan fingerprint density at radius 2 is 1.62 bits per heavy atom. The molecule has 0 radical (unpaired) electrons. The second-order valence-corrected chi connectivity index (χ2v) is 5.72. The van der Waals surface area contributed by atoms with Crippen LogP contribution in [0.3, 0.4) is 0 Å². The van der Waals surface area contributed by atoms with Crippen LogP contribution in [0.2, 0.25) is 0 Å². The van der Waals surface area contributed by atoms with Crippen molar-refractivity contribution >= 4 is 11.4 Å². The molecule has 0 aromatic heterocycles. The van der Waals surface area contributed by atoms with Crippen LogP contribution >= 0.6 is 0 Å². The quantitative estimate of drug-likeness (QED) is 0.623. The van der Waals surface area contributed by atoms with Crippen molar-refractivity contribution in [2.24, 2.45) is 11.6 Å². The summed E-state index contributed by atoms with van der Waals surface area (Å²) in [5, 5.41) is 1.63. The van der Waals surface area contributed by atoms with Gasteiger partial charge in [0.15, 0.2) is 0 Å². The van der Waals surface area contributed by atoms with E-state index in [1.165, 1.54) is 11.1 Å². The van der Waals surface area contributed by atoms with Crippen LogP contribution in [-0.4, -0.2) is 12.1 Å². The van der Waals surface area contributed by atoms with E-state index in [-0.39, 0.29) is 0 Å². The molecule has 3 nitrogen and oxygen atoms in total. The van der Waals surface area contributed by atoms with E-state index in [2.05, 4.69) is 43.3 Å². The van der Waals surface area contributed by atoms with Gasteiger partial charge in [-0.15, -0.1) is 0 Å². The second kappa shape index (κ2) is 5.26. The highest BCUT2D eigenvalue weighted by Crippen LogP contribution is 2.36. The van der Waals surface area contributed by atoms with Gasteiger partial charge in [-0.3, -0.25) is 0 Å². The topological polar surface area (TPSA) is 55.3 Å². The Hall–Kier alpha value is -2.26. The molecule has 3 rings (SSSR count). The van der Waals surface area contributed by atoms with Crippen LogP contribution in [-0.2, 0) is 6.42 Å². The number of hydrazine groups is 1. The van der Waals surface area contributed by atoms with E-state index < -0.39 is 0 Å². The normalized spacial score (nSPS) is 21.0. The van der Waals surface area contributed by atoms with Crippen LogP contribution in [0.15, 0.2) is 48.5 Å². The molecular formula is C18H21N3. The average molecular weight is 279 g/mol. The number of rotatable bonds is 1. The molecule has 0 amide bonds. The first-order valence-electron chi connectivity index (χ1n) is 7.25. The number of nitrogens with zero attached hydrogens (tertiary/aromatic N) is 1. The smallest absolute Gasteiger partial charge is 0.0825 e. The van der Waals surface area contributed by atoms with Crippen molar-refractivity contribution in [3.05, 3.63) is 70.8 Å². The van der Waals surface area contributed by atoms with Gasteiger partial charge in [0.1, 0.15) is 0 Å². The first kappa shape index (κ1) is 13.7. The van der Waals surface area contributed by atoms with Gasteiger partial charge in [-0.25, -0.2) is 5.84 Å². The maximum absolute atomic E-state index is 6.48. The molecule has 1 aliphatic rings. The number of fused-ring (bicyclic) bond motifs is 2. The molecule has 0 spiro atoms. The summed E-state index contributed by atoms with van der Waals surface area (Å²) in [6, 6.07) is 16.7. The molecule has 0 saturated heterocycles. The summed E-state index contributed by atoms with van der Waals surface area (Å²) in [7, 11) is 1.84. The van der Waals surface area contributed by atoms with Gasteiger partial charge < -0.3 is 10.7 Å². The molecule has 1 aliphatic carbocycles. The van der Waals surface area contributed by atoms with Crippen molar-refractivity contribution < 1.29 is 0 Å². The fourth-order valence-corrected chi connectivity index (χ4v) is 3.20. The summed E-state index contributed by atoms with van der Waals surface area (Å²) >= 11 is 0. The van der Waals surface area contributed by atoms with Crippen molar-refractivity contribution in [1.29, 1.82) is 0 Å². The van der Waals surface area contributed by atoms with Crippen LogP contribution in [0.4, 0.5) is 0 Å². The third-order valence-electron chi connectivity index (χ3n) is 4.19. The molecule has 4 N–H and O–H groups in total. The highest BCUT2D eigenvalue weighted by atomic mass is 15.4. The molecule has 0 heterocycles. The summed E-state index contributed by atoms with van der Waals surface area (Å²) in [6.45, 7) is 2.26. The highest BCUT2D eigenvalue weighted by molar-refractivity contribution is 5.90. The molecule has 1 atom stereocenters. The summed E-state index contributed by atoms with van der Waals surface area (Å²) < 4.78 is 0. The number of benzene rings is 2. The lowest BCUT2D eigenvalue weighted by atomic mass is 9.84. The minimum Gasteiger partial charge on any atom is -0.396 e. The molecule has 0 fully saturated rings. The lowest BCUT2D eigenvalue weighted by molar-refractivity contribution is 0.510. The lowest BCUT2D eigenvalue weighted by Crippen LogP contribution is -2.28. The SMILES string of the molecule is CC1Cc2ccccc2/C(N)=C(/N(C)N)c2ccccc21. The Morgan fingerprint density at radius 1 is 1.00 bits per heavy atom. The minimum absolute atomic E-state index is 0.422. The zero-order valence-corrected chi connectivity index (χ0v) is 12.5. The van der Waals surface area contributed by atoms with Crippen molar-refractivity contribution in [2.45, 2.75) is 19.3 Å². The molecule has 0 aliphatic heterocycles. The third-order valence-corrected chi connectivity index (χ3v) is 4.19. The van der Waals surface area contributed by atoms with Crippen LogP contribution < -0.4 is 11.6 Å². The summed E-state index contributed by atoms with van der Waals surface area (Å²) in [5.41, 5.74) is 12.9. The molecule has 1 unspecified atom stereocenters. The maximum atomic E-state index is 6.48. The number of hydrogen-bond acceptors (Lipinski definition) is 3. The standard InChI is InChI=1S/C18H21N3/c1-12-11-13-7-3-4-9-15(13)17(19)18(21(2)20)16-10-6-5-8-14(12)16/h3-10,12H,11,19-20H2,1-2H3/b18-17-. The Kier molecular flexibility index (Phi) is 3.43. The van der Waals surface area contributed by atoms with E-state index in [9.17, 15) is 0 Å². The molecule has 21 heavy (non-hydrogen) atoms. The van der Waals surface area contributed by atoms with Gasteiger partial charge in [-0.05, 0) is 23.5 Å². The van der Waals surface area contributed by atoms with E-state index in [0.717, 1.165) is 28.9 Å². The van der Waals surface area contributed by atoms with Gasteiger partial charge in [0, 0.05) is 18.2 Å².